The van der Waals surface area contributed by atoms with Crippen LogP contribution in [-0.4, -0.2) is 19.5 Å². The molecule has 0 radical (unpaired) electrons. The first-order valence-electron chi connectivity index (χ1n) is 20.9. The molecule has 0 aliphatic heterocycles. The average Bonchev–Trinajstić information content (AvgIpc) is 3.69. The number of nitrogens with zero attached hydrogens (tertiary/aromatic N) is 5. The summed E-state index contributed by atoms with van der Waals surface area (Å²) in [6, 6.07) is 83.0. The monoisotopic (exact) mass is 793 g/mol. The summed E-state index contributed by atoms with van der Waals surface area (Å²) in [7, 11) is 0. The van der Waals surface area contributed by atoms with Gasteiger partial charge in [-0.25, -0.2) is 4.98 Å². The van der Waals surface area contributed by atoms with Crippen molar-refractivity contribution in [2.45, 2.75) is 0 Å². The van der Waals surface area contributed by atoms with Crippen molar-refractivity contribution in [1.29, 1.82) is 0 Å². The Hall–Kier alpha value is -8.41. The van der Waals surface area contributed by atoms with Gasteiger partial charge >= 0.3 is 0 Å². The normalized spacial score (nSPS) is 11.2. The zero-order valence-electron chi connectivity index (χ0n) is 33.8. The molecule has 5 heteroatoms. The summed E-state index contributed by atoms with van der Waals surface area (Å²) in [6.45, 7) is 0. The van der Waals surface area contributed by atoms with Crippen LogP contribution in [0, 0.1) is 0 Å². The second-order valence-corrected chi connectivity index (χ2v) is 15.3. The highest BCUT2D eigenvalue weighted by Crippen LogP contribution is 2.41. The largest absolute Gasteiger partial charge is 0.310 e. The van der Waals surface area contributed by atoms with Crippen molar-refractivity contribution in [1.82, 2.24) is 19.5 Å². The average molecular weight is 794 g/mol. The number of rotatable bonds is 9. The Morgan fingerprint density at radius 3 is 1.06 bits per heavy atom. The highest BCUT2D eigenvalue weighted by atomic mass is 15.2. The van der Waals surface area contributed by atoms with Crippen LogP contribution in [0.1, 0.15) is 0 Å². The number of hydrogen-bond donors (Lipinski definition) is 0. The molecule has 0 spiro atoms. The topological polar surface area (TPSA) is 46.8 Å². The van der Waals surface area contributed by atoms with Crippen LogP contribution in [0.25, 0.3) is 83.9 Å². The second kappa shape index (κ2) is 16.0. The Kier molecular flexibility index (Phi) is 9.45. The van der Waals surface area contributed by atoms with E-state index in [0.29, 0.717) is 17.6 Å². The third kappa shape index (κ3) is 6.97. The molecule has 0 aliphatic carbocycles. The summed E-state index contributed by atoms with van der Waals surface area (Å²) in [6.07, 6.45) is 0. The van der Waals surface area contributed by atoms with E-state index in [9.17, 15) is 0 Å². The Labute approximate surface area is 360 Å². The zero-order valence-corrected chi connectivity index (χ0v) is 33.8. The lowest BCUT2D eigenvalue weighted by molar-refractivity contribution is 0.953. The minimum Gasteiger partial charge on any atom is -0.310 e. The van der Waals surface area contributed by atoms with Gasteiger partial charge < -0.3 is 4.90 Å². The van der Waals surface area contributed by atoms with Gasteiger partial charge in [0.05, 0.1) is 11.0 Å². The minimum absolute atomic E-state index is 0.547. The molecule has 0 atom stereocenters. The van der Waals surface area contributed by atoms with E-state index in [2.05, 4.69) is 210 Å². The standard InChI is InChI=1S/C57H39N5/c1-6-16-40(17-7-1)43-26-31-48(32-27-43)61(49-33-28-44(29-34-49)41-18-8-2-9-19-41)50-35-37-52-51-36-30-47(42-20-10-3-11-21-42)38-53(51)62(54(52)39-50)57-59-55(45-22-12-4-13-23-45)58-56(60-57)46-24-14-5-15-25-46/h1-39H. The quantitative estimate of drug-likeness (QED) is 0.146. The van der Waals surface area contributed by atoms with E-state index in [-0.39, 0.29) is 0 Å². The van der Waals surface area contributed by atoms with E-state index in [1.807, 2.05) is 36.4 Å². The van der Waals surface area contributed by atoms with Crippen molar-refractivity contribution >= 4 is 38.9 Å². The summed E-state index contributed by atoms with van der Waals surface area (Å²) in [5, 5.41) is 2.21. The molecule has 0 saturated carbocycles. The summed E-state index contributed by atoms with van der Waals surface area (Å²) >= 11 is 0. The lowest BCUT2D eigenvalue weighted by atomic mass is 10.0. The van der Waals surface area contributed by atoms with Crippen LogP contribution in [-0.2, 0) is 0 Å². The Bertz CT molecular complexity index is 3150. The van der Waals surface area contributed by atoms with Gasteiger partial charge in [0.2, 0.25) is 5.95 Å². The fourth-order valence-corrected chi connectivity index (χ4v) is 8.38. The van der Waals surface area contributed by atoms with Gasteiger partial charge in [0.25, 0.3) is 0 Å². The molecule has 0 N–H and O–H groups in total. The van der Waals surface area contributed by atoms with Crippen molar-refractivity contribution in [2.24, 2.45) is 0 Å². The number of fused-ring (bicyclic) bond motifs is 3. The van der Waals surface area contributed by atoms with Crippen LogP contribution < -0.4 is 4.90 Å². The van der Waals surface area contributed by atoms with Gasteiger partial charge in [0.15, 0.2) is 11.6 Å². The third-order valence-electron chi connectivity index (χ3n) is 11.5. The molecule has 5 nitrogen and oxygen atoms in total. The maximum Gasteiger partial charge on any atom is 0.238 e. The van der Waals surface area contributed by atoms with E-state index in [1.54, 1.807) is 0 Å². The molecule has 292 valence electrons. The van der Waals surface area contributed by atoms with Crippen molar-refractivity contribution in [2.75, 3.05) is 4.90 Å². The molecule has 0 unspecified atom stereocenters. The second-order valence-electron chi connectivity index (χ2n) is 15.3. The van der Waals surface area contributed by atoms with Gasteiger partial charge in [-0.2, -0.15) is 9.97 Å². The molecule has 9 aromatic carbocycles. The predicted octanol–water partition coefficient (Wildman–Crippen LogP) is 14.8. The Morgan fingerprint density at radius 1 is 0.274 bits per heavy atom. The summed E-state index contributed by atoms with van der Waals surface area (Å²) < 4.78 is 2.22. The van der Waals surface area contributed by atoms with Gasteiger partial charge in [0, 0.05) is 39.0 Å². The van der Waals surface area contributed by atoms with Crippen LogP contribution in [0.15, 0.2) is 237 Å². The molecule has 62 heavy (non-hydrogen) atoms. The number of benzene rings is 9. The number of anilines is 3. The first-order chi connectivity index (χ1) is 30.7. The summed E-state index contributed by atoms with van der Waals surface area (Å²) in [5.74, 6) is 1.77. The molecule has 0 aliphatic rings. The fraction of sp³-hybridized carbons (Fsp3) is 0. The molecule has 0 amide bonds. The first kappa shape index (κ1) is 36.7. The zero-order chi connectivity index (χ0) is 41.2. The smallest absolute Gasteiger partial charge is 0.238 e. The van der Waals surface area contributed by atoms with Crippen molar-refractivity contribution in [3.63, 3.8) is 0 Å². The molecule has 0 bridgehead atoms. The Morgan fingerprint density at radius 2 is 0.613 bits per heavy atom. The van der Waals surface area contributed by atoms with Gasteiger partial charge in [-0.1, -0.05) is 194 Å². The molecule has 0 saturated heterocycles. The lowest BCUT2D eigenvalue weighted by Crippen LogP contribution is -2.10. The fourth-order valence-electron chi connectivity index (χ4n) is 8.38. The maximum atomic E-state index is 5.27. The summed E-state index contributed by atoms with van der Waals surface area (Å²) in [5.41, 5.74) is 13.9. The van der Waals surface area contributed by atoms with Crippen LogP contribution in [0.2, 0.25) is 0 Å². The number of aromatic nitrogens is 4. The van der Waals surface area contributed by atoms with Crippen molar-refractivity contribution < 1.29 is 0 Å². The summed E-state index contributed by atoms with van der Waals surface area (Å²) in [4.78, 5) is 17.9. The SMILES string of the molecule is c1ccc(-c2ccc(N(c3ccc(-c4ccccc4)cc3)c3ccc4c5ccc(-c6ccccc6)cc5n(-c5nc(-c6ccccc6)nc(-c6ccccc6)n5)c4c3)cc2)cc1. The number of hydrogen-bond acceptors (Lipinski definition) is 4. The third-order valence-corrected chi connectivity index (χ3v) is 11.5. The maximum absolute atomic E-state index is 5.27. The predicted molar refractivity (Wildman–Crippen MR) is 256 cm³/mol. The Balaban J connectivity index is 1.15. The lowest BCUT2D eigenvalue weighted by Gasteiger charge is -2.26. The minimum atomic E-state index is 0.547. The molecular weight excluding hydrogens is 755 g/mol. The van der Waals surface area contributed by atoms with Gasteiger partial charge in [-0.15, -0.1) is 0 Å². The van der Waals surface area contributed by atoms with E-state index >= 15 is 0 Å². The molecular formula is C57H39N5. The van der Waals surface area contributed by atoms with E-state index in [0.717, 1.165) is 72.2 Å². The van der Waals surface area contributed by atoms with Crippen molar-refractivity contribution in [3.8, 4) is 62.1 Å². The van der Waals surface area contributed by atoms with E-state index in [1.165, 1.54) is 11.1 Å². The van der Waals surface area contributed by atoms with Crippen LogP contribution in [0.5, 0.6) is 0 Å². The van der Waals surface area contributed by atoms with Gasteiger partial charge in [-0.3, -0.25) is 4.57 Å². The van der Waals surface area contributed by atoms with E-state index in [4.69, 9.17) is 15.0 Å². The van der Waals surface area contributed by atoms with Crippen LogP contribution in [0.4, 0.5) is 17.1 Å². The van der Waals surface area contributed by atoms with E-state index < -0.39 is 0 Å². The molecule has 11 rings (SSSR count). The molecule has 0 fully saturated rings. The molecule has 2 aromatic heterocycles. The molecule has 11 aromatic rings. The van der Waals surface area contributed by atoms with Gasteiger partial charge in [0.1, 0.15) is 0 Å². The van der Waals surface area contributed by atoms with Gasteiger partial charge in [-0.05, 0) is 75.8 Å². The molecule has 2 heterocycles. The first-order valence-corrected chi connectivity index (χ1v) is 20.9. The van der Waals surface area contributed by atoms with Crippen LogP contribution >= 0.6 is 0 Å². The highest BCUT2D eigenvalue weighted by molar-refractivity contribution is 6.11. The van der Waals surface area contributed by atoms with Crippen LogP contribution in [0.3, 0.4) is 0 Å². The highest BCUT2D eigenvalue weighted by Gasteiger charge is 2.21. The van der Waals surface area contributed by atoms with Crippen molar-refractivity contribution in [3.05, 3.63) is 237 Å².